The van der Waals surface area contributed by atoms with Crippen LogP contribution >= 0.6 is 0 Å². The molecule has 0 aliphatic carbocycles. The van der Waals surface area contributed by atoms with Crippen molar-refractivity contribution in [2.75, 3.05) is 20.1 Å². The summed E-state index contributed by atoms with van der Waals surface area (Å²) < 4.78 is 0. The van der Waals surface area contributed by atoms with Crippen molar-refractivity contribution < 1.29 is 29.4 Å². The number of amides is 5. The molecule has 0 spiro atoms. The predicted octanol–water partition coefficient (Wildman–Crippen LogP) is 6.64. The predicted molar refractivity (Wildman–Crippen MR) is 237 cm³/mol. The standard InChI is InChI=1S/C48H63N7O6/c1-31-18-23-38(49-29-31)35-21-19-34(20-22-35)27-39(52-43(57)41(47(3,4)5)53(9)46(60)61)40(56)28-37(26-33-15-11-10-12-16-33)51-44(58)42(48(6,7)8)55-25-24-54(45(55)59)30-36-17-13-14-32(2)50-36/h10-23,29,37,39-42,56H,24-28,30H2,1-9H3,(H,51,58)(H,52,57)(H,60,61)/t37-,39-,40+,41+,42+/m0/s1. The Labute approximate surface area is 360 Å². The van der Waals surface area contributed by atoms with Crippen LogP contribution in [0.2, 0.25) is 0 Å². The van der Waals surface area contributed by atoms with E-state index in [0.29, 0.717) is 26.1 Å². The van der Waals surface area contributed by atoms with Gasteiger partial charge in [-0.2, -0.15) is 0 Å². The smallest absolute Gasteiger partial charge is 0.407 e. The number of aliphatic hydroxyl groups is 1. The van der Waals surface area contributed by atoms with Crippen LogP contribution in [0.1, 0.15) is 76.0 Å². The third kappa shape index (κ3) is 12.4. The second-order valence-electron chi connectivity index (χ2n) is 18.5. The zero-order chi connectivity index (χ0) is 44.6. The number of rotatable bonds is 16. The van der Waals surface area contributed by atoms with Crippen LogP contribution in [0.25, 0.3) is 11.3 Å². The molecule has 2 aromatic carbocycles. The van der Waals surface area contributed by atoms with Crippen LogP contribution in [-0.4, -0.2) is 109 Å². The molecule has 0 saturated carbocycles. The third-order valence-corrected chi connectivity index (χ3v) is 11.2. The molecule has 5 rings (SSSR count). The first-order valence-electron chi connectivity index (χ1n) is 21.0. The van der Waals surface area contributed by atoms with Crippen LogP contribution in [0.3, 0.4) is 0 Å². The number of benzene rings is 2. The van der Waals surface area contributed by atoms with E-state index in [-0.39, 0.29) is 24.8 Å². The van der Waals surface area contributed by atoms with Crippen molar-refractivity contribution in [3.63, 3.8) is 0 Å². The minimum Gasteiger partial charge on any atom is -0.465 e. The first-order valence-corrected chi connectivity index (χ1v) is 21.0. The molecule has 13 nitrogen and oxygen atoms in total. The molecule has 13 heteroatoms. The van der Waals surface area contributed by atoms with Gasteiger partial charge in [-0.05, 0) is 78.8 Å². The number of aryl methyl sites for hydroxylation is 2. The Hall–Kier alpha value is -5.82. The van der Waals surface area contributed by atoms with Crippen molar-refractivity contribution in [1.29, 1.82) is 0 Å². The van der Waals surface area contributed by atoms with Gasteiger partial charge in [0, 0.05) is 43.6 Å². The van der Waals surface area contributed by atoms with Gasteiger partial charge in [0.1, 0.15) is 12.1 Å². The Bertz CT molecular complexity index is 2120. The molecular weight excluding hydrogens is 771 g/mol. The van der Waals surface area contributed by atoms with Gasteiger partial charge in [0.05, 0.1) is 30.1 Å². The van der Waals surface area contributed by atoms with E-state index >= 15 is 0 Å². The van der Waals surface area contributed by atoms with E-state index in [1.807, 2.05) is 120 Å². The Morgan fingerprint density at radius 2 is 1.48 bits per heavy atom. The van der Waals surface area contributed by atoms with Crippen molar-refractivity contribution >= 4 is 23.9 Å². The summed E-state index contributed by atoms with van der Waals surface area (Å²) in [6, 6.07) is 23.4. The number of likely N-dealkylation sites (N-methyl/N-ethyl adjacent to an activating group) is 1. The fraction of sp³-hybridized carbons (Fsp3) is 0.458. The van der Waals surface area contributed by atoms with Crippen molar-refractivity contribution in [3.05, 3.63) is 119 Å². The Kier molecular flexibility index (Phi) is 14.9. The van der Waals surface area contributed by atoms with E-state index in [1.54, 1.807) is 36.8 Å². The van der Waals surface area contributed by atoms with Crippen LogP contribution in [0.15, 0.2) is 91.1 Å². The first kappa shape index (κ1) is 46.2. The monoisotopic (exact) mass is 833 g/mol. The summed E-state index contributed by atoms with van der Waals surface area (Å²) in [4.78, 5) is 68.3. The lowest BCUT2D eigenvalue weighted by Crippen LogP contribution is -2.59. The van der Waals surface area contributed by atoms with Crippen molar-refractivity contribution in [2.24, 2.45) is 10.8 Å². The van der Waals surface area contributed by atoms with E-state index in [2.05, 4.69) is 20.6 Å². The van der Waals surface area contributed by atoms with Crippen molar-refractivity contribution in [3.8, 4) is 11.3 Å². The Morgan fingerprint density at radius 1 is 0.803 bits per heavy atom. The maximum atomic E-state index is 14.6. The van der Waals surface area contributed by atoms with Gasteiger partial charge in [-0.25, -0.2) is 9.59 Å². The molecule has 1 saturated heterocycles. The maximum absolute atomic E-state index is 14.6. The zero-order valence-electron chi connectivity index (χ0n) is 37.1. The zero-order valence-corrected chi connectivity index (χ0v) is 37.1. The average molecular weight is 834 g/mol. The SMILES string of the molecule is Cc1ccc(-c2ccc(C[C@H](NC(=O)[C@@H](N(C)C(=O)O)C(C)(C)C)[C@H](O)C[C@H](Cc3ccccc3)NC(=O)[C@@H](N3CCN(Cc4cccc(C)n4)C3=O)C(C)(C)C)cc2)nc1. The quantitative estimate of drug-likeness (QED) is 0.0975. The molecule has 5 amide bonds. The van der Waals surface area contributed by atoms with Gasteiger partial charge < -0.3 is 30.6 Å². The number of nitrogens with one attached hydrogen (secondary N) is 2. The Balaban J connectivity index is 1.43. The summed E-state index contributed by atoms with van der Waals surface area (Å²) >= 11 is 0. The average Bonchev–Trinajstić information content (AvgIpc) is 3.52. The summed E-state index contributed by atoms with van der Waals surface area (Å²) in [6.45, 7) is 16.2. The topological polar surface area (TPSA) is 168 Å². The van der Waals surface area contributed by atoms with Gasteiger partial charge in [-0.15, -0.1) is 0 Å². The summed E-state index contributed by atoms with van der Waals surface area (Å²) in [5.41, 5.74) is 4.73. The van der Waals surface area contributed by atoms with Gasteiger partial charge >= 0.3 is 12.1 Å². The number of carboxylic acid groups (broad SMARTS) is 1. The van der Waals surface area contributed by atoms with Crippen LogP contribution < -0.4 is 10.6 Å². The second kappa shape index (κ2) is 19.7. The molecule has 61 heavy (non-hydrogen) atoms. The molecular formula is C48H63N7O6. The lowest BCUT2D eigenvalue weighted by molar-refractivity contribution is -0.131. The maximum Gasteiger partial charge on any atom is 0.407 e. The van der Waals surface area contributed by atoms with E-state index in [9.17, 15) is 29.4 Å². The fourth-order valence-corrected chi connectivity index (χ4v) is 8.21. The normalized spacial score (nSPS) is 15.7. The molecule has 1 aliphatic rings. The van der Waals surface area contributed by atoms with E-state index < -0.39 is 53.1 Å². The van der Waals surface area contributed by atoms with Gasteiger partial charge in [-0.1, -0.05) is 108 Å². The molecule has 4 N–H and O–H groups in total. The number of pyridine rings is 2. The van der Waals surface area contributed by atoms with Crippen LogP contribution in [0, 0.1) is 24.7 Å². The van der Waals surface area contributed by atoms with Crippen LogP contribution in [-0.2, 0) is 29.0 Å². The highest BCUT2D eigenvalue weighted by Crippen LogP contribution is 2.30. The molecule has 4 aromatic rings. The largest absolute Gasteiger partial charge is 0.465 e. The molecule has 3 heterocycles. The van der Waals surface area contributed by atoms with Gasteiger partial charge in [0.25, 0.3) is 0 Å². The molecule has 5 atom stereocenters. The second-order valence-corrected chi connectivity index (χ2v) is 18.5. The molecule has 1 aliphatic heterocycles. The molecule has 2 aromatic heterocycles. The highest BCUT2D eigenvalue weighted by Gasteiger charge is 2.44. The van der Waals surface area contributed by atoms with Crippen molar-refractivity contribution in [1.82, 2.24) is 35.3 Å². The Morgan fingerprint density at radius 3 is 2.07 bits per heavy atom. The minimum atomic E-state index is -1.25. The lowest BCUT2D eigenvalue weighted by Gasteiger charge is -2.38. The number of aromatic nitrogens is 2. The number of carbonyl (C=O) groups excluding carboxylic acids is 3. The number of aliphatic hydroxyl groups excluding tert-OH is 1. The number of urea groups is 1. The molecule has 0 radical (unpaired) electrons. The van der Waals surface area contributed by atoms with E-state index in [0.717, 1.165) is 44.2 Å². The third-order valence-electron chi connectivity index (χ3n) is 11.2. The van der Waals surface area contributed by atoms with E-state index in [1.165, 1.54) is 7.05 Å². The van der Waals surface area contributed by atoms with Gasteiger partial charge in [0.15, 0.2) is 0 Å². The highest BCUT2D eigenvalue weighted by atomic mass is 16.4. The van der Waals surface area contributed by atoms with Gasteiger partial charge in [-0.3, -0.25) is 24.5 Å². The molecule has 0 unspecified atom stereocenters. The summed E-state index contributed by atoms with van der Waals surface area (Å²) in [5, 5.41) is 28.4. The first-order chi connectivity index (χ1) is 28.7. The number of nitrogens with zero attached hydrogens (tertiary/aromatic N) is 5. The summed E-state index contributed by atoms with van der Waals surface area (Å²) in [6.07, 6.45) is -0.00943. The summed E-state index contributed by atoms with van der Waals surface area (Å²) in [5.74, 6) is -0.891. The molecule has 1 fully saturated rings. The number of hydrogen-bond acceptors (Lipinski definition) is 7. The fourth-order valence-electron chi connectivity index (χ4n) is 8.21. The number of hydrogen-bond donors (Lipinski definition) is 4. The summed E-state index contributed by atoms with van der Waals surface area (Å²) in [7, 11) is 1.36. The van der Waals surface area contributed by atoms with Crippen LogP contribution in [0.4, 0.5) is 9.59 Å². The number of carbonyl (C=O) groups is 4. The van der Waals surface area contributed by atoms with Crippen LogP contribution in [0.5, 0.6) is 0 Å². The lowest BCUT2D eigenvalue weighted by atomic mass is 9.84. The van der Waals surface area contributed by atoms with Crippen molar-refractivity contribution in [2.45, 2.75) is 111 Å². The highest BCUT2D eigenvalue weighted by molar-refractivity contribution is 5.89. The minimum absolute atomic E-state index is 0.0435. The molecule has 0 bridgehead atoms. The molecule has 326 valence electrons. The van der Waals surface area contributed by atoms with E-state index in [4.69, 9.17) is 0 Å². The van der Waals surface area contributed by atoms with Gasteiger partial charge in [0.2, 0.25) is 11.8 Å².